The molecule has 1 heterocycles. The van der Waals surface area contributed by atoms with Crippen molar-refractivity contribution >= 4 is 70.7 Å². The van der Waals surface area contributed by atoms with E-state index in [1.54, 1.807) is 0 Å². The molecule has 1 aliphatic heterocycles. The van der Waals surface area contributed by atoms with Crippen LogP contribution in [0, 0.1) is 0 Å². The van der Waals surface area contributed by atoms with Gasteiger partial charge in [0.25, 0.3) is 0 Å². The quantitative estimate of drug-likeness (QED) is 0.501. The summed E-state index contributed by atoms with van der Waals surface area (Å²) in [4.78, 5) is 0. The molecule has 5 heteroatoms. The summed E-state index contributed by atoms with van der Waals surface area (Å²) in [7, 11) is 13.4. The van der Waals surface area contributed by atoms with E-state index in [4.69, 9.17) is 41.1 Å². The zero-order valence-corrected chi connectivity index (χ0v) is 16.0. The van der Waals surface area contributed by atoms with Gasteiger partial charge >= 0.3 is 146 Å². The summed E-state index contributed by atoms with van der Waals surface area (Å²) in [6.07, 6.45) is 1.82. The van der Waals surface area contributed by atoms with Crippen molar-refractivity contribution in [2.24, 2.45) is 0 Å². The first kappa shape index (κ1) is 15.8. The summed E-state index contributed by atoms with van der Waals surface area (Å²) < 4.78 is 1.76. The molecule has 0 saturated heterocycles. The second kappa shape index (κ2) is 6.17. The van der Waals surface area contributed by atoms with Crippen molar-refractivity contribution in [1.29, 1.82) is 0 Å². The number of benzene rings is 2. The number of fused-ring (bicyclic) bond motifs is 1. The van der Waals surface area contributed by atoms with Gasteiger partial charge in [-0.2, -0.15) is 0 Å². The Hall–Kier alpha value is -0.130. The minimum atomic E-state index is -3.42. The molecule has 3 rings (SSSR count). The Labute approximate surface area is 145 Å². The molecule has 0 unspecified atom stereocenters. The first-order valence-corrected chi connectivity index (χ1v) is 15.1. The molecular formula is C16H10Cl4Te. The molecule has 0 spiro atoms. The van der Waals surface area contributed by atoms with Crippen molar-refractivity contribution in [3.63, 3.8) is 0 Å². The van der Waals surface area contributed by atoms with Gasteiger partial charge in [0.05, 0.1) is 0 Å². The van der Waals surface area contributed by atoms with Gasteiger partial charge in [-0.25, -0.2) is 0 Å². The SMILES string of the molecule is ClC1=C(/C=C(\Cl)c2ccccc2)[Te](Cl)(Cl)c2ccccc21. The summed E-state index contributed by atoms with van der Waals surface area (Å²) in [5.74, 6) is 0. The van der Waals surface area contributed by atoms with E-state index >= 15 is 0 Å². The summed E-state index contributed by atoms with van der Waals surface area (Å²) in [5, 5.41) is 1.21. The Balaban J connectivity index is 2.10. The van der Waals surface area contributed by atoms with Crippen molar-refractivity contribution in [2.75, 3.05) is 0 Å². The molecule has 0 aromatic heterocycles. The van der Waals surface area contributed by atoms with Crippen LogP contribution in [-0.2, 0) is 0 Å². The fraction of sp³-hybridized carbons (Fsp3) is 0. The van der Waals surface area contributed by atoms with Crippen molar-refractivity contribution in [3.05, 3.63) is 75.4 Å². The zero-order chi connectivity index (χ0) is 15.0. The van der Waals surface area contributed by atoms with Gasteiger partial charge in [-0.15, -0.1) is 0 Å². The van der Waals surface area contributed by atoms with E-state index < -0.39 is 15.9 Å². The van der Waals surface area contributed by atoms with Gasteiger partial charge in [0.1, 0.15) is 0 Å². The van der Waals surface area contributed by atoms with E-state index in [1.165, 1.54) is 0 Å². The predicted molar refractivity (Wildman–Crippen MR) is 96.6 cm³/mol. The molecule has 0 amide bonds. The molecule has 2 aromatic carbocycles. The number of allylic oxidation sites excluding steroid dienone is 2. The van der Waals surface area contributed by atoms with Gasteiger partial charge in [-0.3, -0.25) is 0 Å². The maximum atomic E-state index is 6.70. The monoisotopic (exact) mass is 472 g/mol. The van der Waals surface area contributed by atoms with E-state index in [0.717, 1.165) is 18.4 Å². The van der Waals surface area contributed by atoms with Crippen LogP contribution in [0.4, 0.5) is 0 Å². The third kappa shape index (κ3) is 2.89. The number of halogens is 4. The average Bonchev–Trinajstić information content (AvgIpc) is 2.70. The maximum absolute atomic E-state index is 6.70. The van der Waals surface area contributed by atoms with E-state index in [2.05, 4.69) is 0 Å². The van der Waals surface area contributed by atoms with Crippen LogP contribution < -0.4 is 3.61 Å². The summed E-state index contributed by atoms with van der Waals surface area (Å²) in [6, 6.07) is 17.4. The number of rotatable bonds is 2. The van der Waals surface area contributed by atoms with Crippen LogP contribution in [0.5, 0.6) is 0 Å². The van der Waals surface area contributed by atoms with Crippen LogP contribution in [0.1, 0.15) is 11.1 Å². The summed E-state index contributed by atoms with van der Waals surface area (Å²) in [5.41, 5.74) is 1.84. The second-order valence-electron chi connectivity index (χ2n) is 4.50. The first-order valence-electron chi connectivity index (χ1n) is 6.16. The zero-order valence-electron chi connectivity index (χ0n) is 10.7. The molecule has 108 valence electrons. The third-order valence-electron chi connectivity index (χ3n) is 3.20. The van der Waals surface area contributed by atoms with Crippen LogP contribution in [0.15, 0.2) is 64.3 Å². The predicted octanol–water partition coefficient (Wildman–Crippen LogP) is 5.60. The molecule has 0 N–H and O–H groups in total. The molecule has 1 aliphatic rings. The Bertz CT molecular complexity index is 748. The third-order valence-corrected chi connectivity index (χ3v) is 13.8. The molecular weight excluding hydrogens is 462 g/mol. The second-order valence-corrected chi connectivity index (χ2v) is 17.7. The molecule has 0 nitrogen and oxygen atoms in total. The van der Waals surface area contributed by atoms with Crippen molar-refractivity contribution in [1.82, 2.24) is 0 Å². The topological polar surface area (TPSA) is 0 Å². The average molecular weight is 472 g/mol. The number of hydrogen-bond donors (Lipinski definition) is 0. The molecule has 0 aliphatic carbocycles. The minimum absolute atomic E-state index is 0.591. The fourth-order valence-electron chi connectivity index (χ4n) is 2.17. The van der Waals surface area contributed by atoms with Gasteiger partial charge in [0.2, 0.25) is 0 Å². The van der Waals surface area contributed by atoms with E-state index in [1.807, 2.05) is 60.7 Å². The van der Waals surface area contributed by atoms with Crippen molar-refractivity contribution in [2.45, 2.75) is 0 Å². The Kier molecular flexibility index (Phi) is 4.63. The molecule has 2 aromatic rings. The van der Waals surface area contributed by atoms with Gasteiger partial charge in [0, 0.05) is 0 Å². The molecule has 0 fully saturated rings. The molecule has 0 saturated carbocycles. The van der Waals surface area contributed by atoms with Gasteiger partial charge in [-0.05, 0) is 0 Å². The normalized spacial score (nSPS) is 18.6. The van der Waals surface area contributed by atoms with Crippen LogP contribution in [0.2, 0.25) is 0 Å². The Morgan fingerprint density at radius 1 is 0.905 bits per heavy atom. The van der Waals surface area contributed by atoms with Crippen molar-refractivity contribution < 1.29 is 0 Å². The van der Waals surface area contributed by atoms with Crippen LogP contribution in [-0.4, -0.2) is 15.9 Å². The van der Waals surface area contributed by atoms with E-state index in [0.29, 0.717) is 10.1 Å². The van der Waals surface area contributed by atoms with Gasteiger partial charge in [-0.1, -0.05) is 0 Å². The van der Waals surface area contributed by atoms with E-state index in [-0.39, 0.29) is 0 Å². The summed E-state index contributed by atoms with van der Waals surface area (Å²) >= 11 is 9.47. The number of hydrogen-bond acceptors (Lipinski definition) is 0. The Morgan fingerprint density at radius 2 is 1.52 bits per heavy atom. The van der Waals surface area contributed by atoms with E-state index in [9.17, 15) is 0 Å². The molecule has 0 radical (unpaired) electrons. The van der Waals surface area contributed by atoms with Crippen LogP contribution in [0.3, 0.4) is 0 Å². The Morgan fingerprint density at radius 3 is 2.19 bits per heavy atom. The van der Waals surface area contributed by atoms with Crippen LogP contribution >= 0.6 is 41.1 Å². The molecule has 21 heavy (non-hydrogen) atoms. The van der Waals surface area contributed by atoms with Gasteiger partial charge in [0.15, 0.2) is 0 Å². The first-order chi connectivity index (χ1) is 10.0. The summed E-state index contributed by atoms with van der Waals surface area (Å²) in [6.45, 7) is 0. The fourth-order valence-corrected chi connectivity index (χ4v) is 12.1. The van der Waals surface area contributed by atoms with Crippen LogP contribution in [0.25, 0.3) is 10.1 Å². The standard InChI is InChI=1S/C16H10Cl4Te/c17-13(11-6-2-1-3-7-11)10-15-16(18)12-8-4-5-9-14(12)21(15,19)20/h1-10H/b13-10-. The molecule has 0 atom stereocenters. The molecule has 0 bridgehead atoms. The van der Waals surface area contributed by atoms with Gasteiger partial charge < -0.3 is 0 Å². The van der Waals surface area contributed by atoms with Crippen molar-refractivity contribution in [3.8, 4) is 0 Å².